The molecule has 0 atom stereocenters. The van der Waals surface area contributed by atoms with Gasteiger partial charge in [0.05, 0.1) is 64.0 Å². The third kappa shape index (κ3) is 7.40. The lowest BCUT2D eigenvalue weighted by Gasteiger charge is -2.08. The molecule has 0 bridgehead atoms. The summed E-state index contributed by atoms with van der Waals surface area (Å²) in [7, 11) is 0. The highest BCUT2D eigenvalue weighted by molar-refractivity contribution is 6.03. The van der Waals surface area contributed by atoms with Gasteiger partial charge in [-0.15, -0.1) is 20.5 Å². The van der Waals surface area contributed by atoms with Crippen molar-refractivity contribution in [1.29, 1.82) is 5.26 Å². The maximum Gasteiger partial charge on any atom is 0.336 e. The second kappa shape index (κ2) is 15.9. The van der Waals surface area contributed by atoms with E-state index in [0.29, 0.717) is 0 Å². The van der Waals surface area contributed by atoms with E-state index in [1.54, 1.807) is 0 Å². The number of nitriles is 1. The number of aryl methyl sites for hydroxylation is 2. The van der Waals surface area contributed by atoms with Gasteiger partial charge < -0.3 is 37.0 Å². The fourth-order valence-electron chi connectivity index (χ4n) is 5.91. The molecular weight excluding hydrogens is 829 g/mol. The van der Waals surface area contributed by atoms with Crippen LogP contribution in [-0.2, 0) is 0 Å². The highest BCUT2D eigenvalue weighted by atomic mass is 16.4. The number of anilines is 2. The van der Waals surface area contributed by atoms with Gasteiger partial charge in [-0.25, -0.2) is 33.4 Å². The number of hydrogen-bond acceptors (Lipinski definition) is 18. The number of aromatic carboxylic acids is 4. The van der Waals surface area contributed by atoms with Crippen molar-refractivity contribution in [2.24, 2.45) is 20.5 Å². The molecule has 0 aliphatic heterocycles. The van der Waals surface area contributed by atoms with Crippen LogP contribution in [0.15, 0.2) is 75.3 Å². The molecular formula is C36H24N18O9. The average molecular weight is 853 g/mol. The molecule has 0 saturated carbocycles. The van der Waals surface area contributed by atoms with Gasteiger partial charge in [0.2, 0.25) is 5.88 Å². The lowest BCUT2D eigenvalue weighted by Crippen LogP contribution is -2.11. The van der Waals surface area contributed by atoms with Crippen LogP contribution in [0, 0.1) is 31.8 Å². The quantitative estimate of drug-likeness (QED) is 0.0643. The number of azo groups is 2. The lowest BCUT2D eigenvalue weighted by molar-refractivity contribution is 0.0651. The Balaban J connectivity index is 1.22. The summed E-state index contributed by atoms with van der Waals surface area (Å²) in [4.78, 5) is 58.6. The zero-order valence-electron chi connectivity index (χ0n) is 31.9. The lowest BCUT2D eigenvalue weighted by atomic mass is 10.1. The molecule has 2 aromatic carbocycles. The van der Waals surface area contributed by atoms with Crippen molar-refractivity contribution in [2.75, 3.05) is 11.5 Å². The number of nitrogens with two attached hydrogens (primary N) is 2. The summed E-state index contributed by atoms with van der Waals surface area (Å²) < 4.78 is 4.25. The minimum atomic E-state index is -1.52. The van der Waals surface area contributed by atoms with E-state index in [4.69, 9.17) is 18.0 Å². The van der Waals surface area contributed by atoms with E-state index in [9.17, 15) is 50.0 Å². The van der Waals surface area contributed by atoms with Gasteiger partial charge in [0, 0.05) is 6.07 Å². The number of nitrogens with zero attached hydrogens (tertiary/aromatic N) is 16. The number of carboxylic acids is 4. The zero-order chi connectivity index (χ0) is 45.4. The summed E-state index contributed by atoms with van der Waals surface area (Å²) in [5.74, 6) is -7.66. The fourth-order valence-corrected chi connectivity index (χ4v) is 5.91. The Morgan fingerprint density at radius 2 is 1.17 bits per heavy atom. The summed E-state index contributed by atoms with van der Waals surface area (Å²) in [5.41, 5.74) is 11.0. The summed E-state index contributed by atoms with van der Waals surface area (Å²) in [6.45, 7) is 10.6. The maximum absolute atomic E-state index is 11.8. The summed E-state index contributed by atoms with van der Waals surface area (Å²) in [6, 6.07) is 9.77. The molecule has 7 rings (SSSR count). The van der Waals surface area contributed by atoms with Gasteiger partial charge in [0.25, 0.3) is 11.6 Å². The molecule has 7 aromatic rings. The van der Waals surface area contributed by atoms with Crippen LogP contribution < -0.4 is 11.5 Å². The van der Waals surface area contributed by atoms with Gasteiger partial charge in [-0.05, 0) is 50.2 Å². The summed E-state index contributed by atoms with van der Waals surface area (Å²) >= 11 is 0. The van der Waals surface area contributed by atoms with Crippen LogP contribution >= 0.6 is 0 Å². The number of aromatic hydroxyl groups is 1. The number of carboxylic acid groups (broad SMARTS) is 4. The zero-order valence-corrected chi connectivity index (χ0v) is 31.9. The molecule has 9 N–H and O–H groups in total. The predicted octanol–water partition coefficient (Wildman–Crippen LogP) is 4.75. The van der Waals surface area contributed by atoms with Gasteiger partial charge in [0.1, 0.15) is 11.6 Å². The van der Waals surface area contributed by atoms with Crippen molar-refractivity contribution in [3.05, 3.63) is 105 Å². The molecule has 27 heteroatoms. The molecule has 63 heavy (non-hydrogen) atoms. The normalized spacial score (nSPS) is 11.2. The third-order valence-corrected chi connectivity index (χ3v) is 8.84. The standard InChI is InChI=1S/C36H24N18O9/c1-14-26(46-48-31-23(40-3)13-42-52(31)18-5-7-20(33(58)59)22(9-18)35(62)63)28(38)53(49-14)24-10-25(55)44-36(43-24)54-29(39)27(15(2)50-54)45-47-30-16(11-37)12-41-51(30)17-4-6-19(32(56)57)21(8-17)34(60)61/h4-10,12-13H,38-39H2,1-2H3,(H,56,57)(H,58,59)(H,60,61)(H,62,63)(H,43,44,55). The molecule has 0 unspecified atom stereocenters. The number of rotatable bonds is 12. The van der Waals surface area contributed by atoms with Crippen LogP contribution in [0.3, 0.4) is 0 Å². The molecule has 27 nitrogen and oxygen atoms in total. The molecule has 0 radical (unpaired) electrons. The van der Waals surface area contributed by atoms with Gasteiger partial charge in [-0.1, -0.05) is 0 Å². The minimum Gasteiger partial charge on any atom is -0.493 e. The van der Waals surface area contributed by atoms with Crippen molar-refractivity contribution < 1.29 is 44.7 Å². The van der Waals surface area contributed by atoms with Crippen LogP contribution in [0.1, 0.15) is 58.4 Å². The summed E-state index contributed by atoms with van der Waals surface area (Å²) in [5, 5.41) is 92.0. The van der Waals surface area contributed by atoms with E-state index in [1.165, 1.54) is 26.0 Å². The smallest absolute Gasteiger partial charge is 0.336 e. The van der Waals surface area contributed by atoms with E-state index in [1.807, 2.05) is 6.07 Å². The van der Waals surface area contributed by atoms with Gasteiger partial charge in [-0.3, -0.25) is 0 Å². The Morgan fingerprint density at radius 3 is 1.70 bits per heavy atom. The molecule has 0 saturated heterocycles. The number of aromatic nitrogens is 10. The van der Waals surface area contributed by atoms with Crippen LogP contribution in [0.4, 0.5) is 40.3 Å². The monoisotopic (exact) mass is 852 g/mol. The first-order valence-corrected chi connectivity index (χ1v) is 17.3. The Labute approximate surface area is 349 Å². The SMILES string of the molecule is [C-]#[N+]c1cnn(-c2ccc(C(=O)O)c(C(=O)O)c2)c1N=Nc1c(C)nn(-c2cc(O)nc(-n3nc(C)c(N=Nc4c(C#N)cnn4-c4ccc(C(=O)O)c(C(=O)O)c4)c3N)n2)c1N. The van der Waals surface area contributed by atoms with Crippen LogP contribution in [-0.4, -0.2) is 98.5 Å². The van der Waals surface area contributed by atoms with Gasteiger partial charge in [0.15, 0.2) is 40.5 Å². The Hall–Kier alpha value is -10.2. The van der Waals surface area contributed by atoms with E-state index >= 15 is 0 Å². The number of nitrogen functional groups attached to an aromatic ring is 2. The van der Waals surface area contributed by atoms with E-state index in [2.05, 4.69) is 55.7 Å². The molecule has 0 spiro atoms. The van der Waals surface area contributed by atoms with E-state index in [0.717, 1.165) is 61.5 Å². The van der Waals surface area contributed by atoms with Crippen molar-refractivity contribution in [3.63, 3.8) is 0 Å². The molecule has 0 fully saturated rings. The van der Waals surface area contributed by atoms with Crippen molar-refractivity contribution >= 4 is 64.2 Å². The largest absolute Gasteiger partial charge is 0.493 e. The highest BCUT2D eigenvalue weighted by Gasteiger charge is 2.24. The van der Waals surface area contributed by atoms with Crippen LogP contribution in [0.25, 0.3) is 28.0 Å². The van der Waals surface area contributed by atoms with Gasteiger partial charge >= 0.3 is 23.9 Å². The Kier molecular flexibility index (Phi) is 10.3. The first kappa shape index (κ1) is 41.0. The van der Waals surface area contributed by atoms with E-state index < -0.39 is 52.0 Å². The van der Waals surface area contributed by atoms with Crippen molar-refractivity contribution in [1.82, 2.24) is 49.1 Å². The average Bonchev–Trinajstić information content (AvgIpc) is 4.00. The van der Waals surface area contributed by atoms with Crippen molar-refractivity contribution in [3.8, 4) is 35.1 Å². The second-order valence-corrected chi connectivity index (χ2v) is 12.7. The second-order valence-electron chi connectivity index (χ2n) is 12.7. The Morgan fingerprint density at radius 1 is 0.683 bits per heavy atom. The molecule has 0 aliphatic carbocycles. The topological polar surface area (TPSA) is 396 Å². The number of carbonyl (C=O) groups is 4. The molecule has 312 valence electrons. The number of benzene rings is 2. The summed E-state index contributed by atoms with van der Waals surface area (Å²) in [6.07, 6.45) is 2.29. The third-order valence-electron chi connectivity index (χ3n) is 8.84. The minimum absolute atomic E-state index is 0.0177. The first-order valence-electron chi connectivity index (χ1n) is 17.3. The van der Waals surface area contributed by atoms with Crippen molar-refractivity contribution in [2.45, 2.75) is 13.8 Å². The molecule has 5 aromatic heterocycles. The predicted molar refractivity (Wildman–Crippen MR) is 211 cm³/mol. The molecule has 0 amide bonds. The Bertz CT molecular complexity index is 3040. The number of hydrogen-bond donors (Lipinski definition) is 7. The highest BCUT2D eigenvalue weighted by Crippen LogP contribution is 2.37. The van der Waals surface area contributed by atoms with Crippen LogP contribution in [0.2, 0.25) is 0 Å². The maximum atomic E-state index is 11.8. The first-order chi connectivity index (χ1) is 30.0. The van der Waals surface area contributed by atoms with E-state index in [-0.39, 0.29) is 80.4 Å². The fraction of sp³-hybridized carbons (Fsp3) is 0.0556. The molecule has 5 heterocycles. The van der Waals surface area contributed by atoms with Gasteiger partial charge in [-0.2, -0.15) is 45.0 Å². The molecule has 0 aliphatic rings. The van der Waals surface area contributed by atoms with Crippen LogP contribution in [0.5, 0.6) is 5.88 Å².